The minimum absolute atomic E-state index is 0. The summed E-state index contributed by atoms with van der Waals surface area (Å²) in [6, 6.07) is 7.79. The van der Waals surface area contributed by atoms with E-state index in [4.69, 9.17) is 10.5 Å². The molecule has 0 fully saturated rings. The first-order valence-electron chi connectivity index (χ1n) is 6.14. The Morgan fingerprint density at radius 2 is 1.95 bits per heavy atom. The number of para-hydroxylation sites is 1. The molecule has 0 radical (unpaired) electrons. The molecule has 19 heavy (non-hydrogen) atoms. The third-order valence-corrected chi connectivity index (χ3v) is 2.52. The number of halogens is 1. The van der Waals surface area contributed by atoms with E-state index in [-0.39, 0.29) is 30.3 Å². The standard InChI is InChI=1S/C14H22N2O2.ClH/c1-14(2,3)11-6-4-5-7-12(11)18-10-13(17)16-9-8-15;/h4-7H,8-10,15H2,1-3H3,(H,16,17);1H. The van der Waals surface area contributed by atoms with Crippen LogP contribution in [0.15, 0.2) is 24.3 Å². The minimum Gasteiger partial charge on any atom is -0.483 e. The van der Waals surface area contributed by atoms with Crippen LogP contribution in [0.2, 0.25) is 0 Å². The van der Waals surface area contributed by atoms with Crippen molar-refractivity contribution in [1.29, 1.82) is 0 Å². The fourth-order valence-electron chi connectivity index (χ4n) is 1.62. The van der Waals surface area contributed by atoms with Gasteiger partial charge in [-0.05, 0) is 17.0 Å². The Bertz CT molecular complexity index is 403. The fraction of sp³-hybridized carbons (Fsp3) is 0.500. The van der Waals surface area contributed by atoms with Gasteiger partial charge in [0.15, 0.2) is 6.61 Å². The summed E-state index contributed by atoms with van der Waals surface area (Å²) in [6.45, 7) is 7.28. The molecule has 0 heterocycles. The molecule has 0 spiro atoms. The Hall–Kier alpha value is -1.26. The summed E-state index contributed by atoms with van der Waals surface area (Å²) in [7, 11) is 0. The van der Waals surface area contributed by atoms with Gasteiger partial charge in [-0.1, -0.05) is 39.0 Å². The van der Waals surface area contributed by atoms with Crippen LogP contribution in [0.1, 0.15) is 26.3 Å². The van der Waals surface area contributed by atoms with Gasteiger partial charge in [-0.3, -0.25) is 4.79 Å². The number of nitrogens with one attached hydrogen (secondary N) is 1. The number of carbonyl (C=O) groups is 1. The highest BCUT2D eigenvalue weighted by molar-refractivity contribution is 5.85. The highest BCUT2D eigenvalue weighted by Crippen LogP contribution is 2.30. The lowest BCUT2D eigenvalue weighted by molar-refractivity contribution is -0.123. The summed E-state index contributed by atoms with van der Waals surface area (Å²) in [6.07, 6.45) is 0. The second-order valence-electron chi connectivity index (χ2n) is 5.17. The molecule has 0 aromatic heterocycles. The summed E-state index contributed by atoms with van der Waals surface area (Å²) in [5.74, 6) is 0.608. The van der Waals surface area contributed by atoms with Crippen molar-refractivity contribution in [3.8, 4) is 5.75 Å². The van der Waals surface area contributed by atoms with Gasteiger partial charge in [0.05, 0.1) is 0 Å². The molecule has 0 aliphatic heterocycles. The van der Waals surface area contributed by atoms with E-state index in [1.54, 1.807) is 0 Å². The Labute approximate surface area is 121 Å². The maximum Gasteiger partial charge on any atom is 0.257 e. The largest absolute Gasteiger partial charge is 0.483 e. The average Bonchev–Trinajstić information content (AvgIpc) is 2.33. The van der Waals surface area contributed by atoms with Crippen molar-refractivity contribution in [1.82, 2.24) is 5.32 Å². The van der Waals surface area contributed by atoms with Crippen LogP contribution in [0.5, 0.6) is 5.75 Å². The molecule has 0 saturated heterocycles. The molecule has 0 bridgehead atoms. The number of benzene rings is 1. The van der Waals surface area contributed by atoms with Crippen molar-refractivity contribution < 1.29 is 9.53 Å². The van der Waals surface area contributed by atoms with Gasteiger partial charge in [-0.15, -0.1) is 12.4 Å². The van der Waals surface area contributed by atoms with Gasteiger partial charge >= 0.3 is 0 Å². The summed E-state index contributed by atoms with van der Waals surface area (Å²) in [4.78, 5) is 11.4. The average molecular weight is 287 g/mol. The number of rotatable bonds is 5. The number of hydrogen-bond donors (Lipinski definition) is 2. The Balaban J connectivity index is 0.00000324. The van der Waals surface area contributed by atoms with E-state index in [0.29, 0.717) is 13.1 Å². The Morgan fingerprint density at radius 3 is 2.53 bits per heavy atom. The zero-order valence-electron chi connectivity index (χ0n) is 11.7. The lowest BCUT2D eigenvalue weighted by Crippen LogP contribution is -2.33. The van der Waals surface area contributed by atoms with Crippen molar-refractivity contribution in [3.05, 3.63) is 29.8 Å². The normalized spacial score (nSPS) is 10.5. The monoisotopic (exact) mass is 286 g/mol. The van der Waals surface area contributed by atoms with Crippen molar-refractivity contribution >= 4 is 18.3 Å². The molecule has 1 rings (SSSR count). The fourth-order valence-corrected chi connectivity index (χ4v) is 1.62. The number of ether oxygens (including phenoxy) is 1. The second kappa shape index (κ2) is 8.02. The quantitative estimate of drug-likeness (QED) is 0.868. The van der Waals surface area contributed by atoms with Gasteiger partial charge in [-0.2, -0.15) is 0 Å². The molecule has 108 valence electrons. The number of amides is 1. The molecular weight excluding hydrogens is 264 g/mol. The smallest absolute Gasteiger partial charge is 0.257 e. The first-order valence-corrected chi connectivity index (χ1v) is 6.14. The van der Waals surface area contributed by atoms with Crippen LogP contribution in [0.25, 0.3) is 0 Å². The molecule has 0 unspecified atom stereocenters. The first-order chi connectivity index (χ1) is 8.45. The van der Waals surface area contributed by atoms with Gasteiger partial charge in [0.2, 0.25) is 0 Å². The van der Waals surface area contributed by atoms with E-state index < -0.39 is 0 Å². The molecule has 3 N–H and O–H groups in total. The van der Waals surface area contributed by atoms with E-state index in [0.717, 1.165) is 11.3 Å². The van der Waals surface area contributed by atoms with Gasteiger partial charge in [0.25, 0.3) is 5.91 Å². The Morgan fingerprint density at radius 1 is 1.32 bits per heavy atom. The van der Waals surface area contributed by atoms with Crippen molar-refractivity contribution in [2.24, 2.45) is 5.73 Å². The molecular formula is C14H23ClN2O2. The predicted molar refractivity (Wildman–Crippen MR) is 79.9 cm³/mol. The molecule has 4 nitrogen and oxygen atoms in total. The topological polar surface area (TPSA) is 64.3 Å². The van der Waals surface area contributed by atoms with Crippen LogP contribution in [0.4, 0.5) is 0 Å². The van der Waals surface area contributed by atoms with Crippen molar-refractivity contribution in [2.75, 3.05) is 19.7 Å². The summed E-state index contributed by atoms with van der Waals surface area (Å²) in [5.41, 5.74) is 6.39. The van der Waals surface area contributed by atoms with Crippen molar-refractivity contribution in [2.45, 2.75) is 26.2 Å². The van der Waals surface area contributed by atoms with Crippen LogP contribution in [-0.4, -0.2) is 25.6 Å². The predicted octanol–water partition coefficient (Wildman–Crippen LogP) is 1.86. The van der Waals surface area contributed by atoms with E-state index >= 15 is 0 Å². The van der Waals surface area contributed by atoms with Crippen LogP contribution < -0.4 is 15.8 Å². The van der Waals surface area contributed by atoms with Crippen LogP contribution in [0, 0.1) is 0 Å². The van der Waals surface area contributed by atoms with Gasteiger partial charge in [0.1, 0.15) is 5.75 Å². The molecule has 1 aromatic carbocycles. The zero-order chi connectivity index (χ0) is 13.6. The summed E-state index contributed by atoms with van der Waals surface area (Å²) < 4.78 is 5.57. The summed E-state index contributed by atoms with van der Waals surface area (Å²) in [5, 5.41) is 2.67. The molecule has 0 saturated carbocycles. The maximum absolute atomic E-state index is 11.4. The number of nitrogens with two attached hydrogens (primary N) is 1. The molecule has 0 aliphatic carbocycles. The van der Waals surface area contributed by atoms with E-state index in [9.17, 15) is 4.79 Å². The third-order valence-electron chi connectivity index (χ3n) is 2.52. The highest BCUT2D eigenvalue weighted by atomic mass is 35.5. The van der Waals surface area contributed by atoms with E-state index in [1.807, 2.05) is 24.3 Å². The maximum atomic E-state index is 11.4. The highest BCUT2D eigenvalue weighted by Gasteiger charge is 2.18. The molecule has 1 aromatic rings. The first kappa shape index (κ1) is 17.7. The second-order valence-corrected chi connectivity index (χ2v) is 5.17. The molecule has 0 atom stereocenters. The van der Waals surface area contributed by atoms with Gasteiger partial charge < -0.3 is 15.8 Å². The van der Waals surface area contributed by atoms with Crippen LogP contribution in [0.3, 0.4) is 0 Å². The lowest BCUT2D eigenvalue weighted by Gasteiger charge is -2.22. The van der Waals surface area contributed by atoms with Crippen LogP contribution >= 0.6 is 12.4 Å². The SMILES string of the molecule is CC(C)(C)c1ccccc1OCC(=O)NCCN.Cl. The van der Waals surface area contributed by atoms with Gasteiger partial charge in [-0.25, -0.2) is 0 Å². The number of hydrogen-bond acceptors (Lipinski definition) is 3. The van der Waals surface area contributed by atoms with E-state index in [2.05, 4.69) is 26.1 Å². The molecule has 1 amide bonds. The van der Waals surface area contributed by atoms with Crippen LogP contribution in [-0.2, 0) is 10.2 Å². The number of carbonyl (C=O) groups excluding carboxylic acids is 1. The molecule has 5 heteroatoms. The third kappa shape index (κ3) is 5.94. The molecule has 0 aliphatic rings. The van der Waals surface area contributed by atoms with E-state index in [1.165, 1.54) is 0 Å². The Kier molecular flexibility index (Phi) is 7.49. The van der Waals surface area contributed by atoms with Crippen molar-refractivity contribution in [3.63, 3.8) is 0 Å². The van der Waals surface area contributed by atoms with Gasteiger partial charge in [0, 0.05) is 13.1 Å². The lowest BCUT2D eigenvalue weighted by atomic mass is 9.86. The summed E-state index contributed by atoms with van der Waals surface area (Å²) >= 11 is 0. The zero-order valence-corrected chi connectivity index (χ0v) is 12.5. The minimum atomic E-state index is -0.149.